The number of halogens is 1. The summed E-state index contributed by atoms with van der Waals surface area (Å²) in [6.45, 7) is 3.61. The van der Waals surface area contributed by atoms with Crippen LogP contribution in [0, 0.1) is 5.92 Å². The number of hydrogen-bond acceptors (Lipinski definition) is 4. The van der Waals surface area contributed by atoms with Crippen LogP contribution in [0.15, 0.2) is 10.7 Å². The van der Waals surface area contributed by atoms with Crippen molar-refractivity contribution in [2.75, 3.05) is 40.9 Å². The van der Waals surface area contributed by atoms with E-state index in [1.165, 1.54) is 12.1 Å². The summed E-state index contributed by atoms with van der Waals surface area (Å²) in [5.41, 5.74) is 1.24. The second-order valence-electron chi connectivity index (χ2n) is 5.65. The predicted octanol–water partition coefficient (Wildman–Crippen LogP) is 1.89. The summed E-state index contributed by atoms with van der Waals surface area (Å²) in [6, 6.07) is 0.286. The minimum atomic E-state index is 0.286. The summed E-state index contributed by atoms with van der Waals surface area (Å²) in [5.74, 6) is 0.514. The molecule has 1 fully saturated rings. The number of aromatic nitrogens is 2. The third-order valence-electron chi connectivity index (χ3n) is 3.86. The van der Waals surface area contributed by atoms with E-state index in [2.05, 4.69) is 50.0 Å². The van der Waals surface area contributed by atoms with Gasteiger partial charge in [-0.25, -0.2) is 0 Å². The number of rotatable bonds is 6. The molecule has 0 aliphatic carbocycles. The van der Waals surface area contributed by atoms with E-state index in [4.69, 9.17) is 4.74 Å². The van der Waals surface area contributed by atoms with Crippen LogP contribution in [-0.2, 0) is 11.3 Å². The van der Waals surface area contributed by atoms with Gasteiger partial charge < -0.3 is 15.0 Å². The SMILES string of the molecule is CNC(c1c(Br)cnn1CCN(C)C)C1CCCOC1. The maximum atomic E-state index is 5.65. The van der Waals surface area contributed by atoms with E-state index < -0.39 is 0 Å². The van der Waals surface area contributed by atoms with Crippen LogP contribution in [0.1, 0.15) is 24.6 Å². The number of nitrogens with one attached hydrogen (secondary N) is 1. The molecule has 0 saturated carbocycles. The second kappa shape index (κ2) is 7.54. The van der Waals surface area contributed by atoms with Crippen LogP contribution in [0.4, 0.5) is 0 Å². The van der Waals surface area contributed by atoms with Gasteiger partial charge >= 0.3 is 0 Å². The summed E-state index contributed by atoms with van der Waals surface area (Å²) in [4.78, 5) is 2.18. The van der Waals surface area contributed by atoms with Gasteiger partial charge in [0.05, 0.1) is 35.6 Å². The molecule has 1 aromatic heterocycles. The molecule has 1 saturated heterocycles. The highest BCUT2D eigenvalue weighted by Crippen LogP contribution is 2.32. The first-order valence-electron chi connectivity index (χ1n) is 7.24. The first-order chi connectivity index (χ1) is 9.63. The molecule has 0 aromatic carbocycles. The lowest BCUT2D eigenvalue weighted by Crippen LogP contribution is -2.34. The molecule has 2 atom stereocenters. The van der Waals surface area contributed by atoms with Crippen molar-refractivity contribution in [2.24, 2.45) is 5.92 Å². The quantitative estimate of drug-likeness (QED) is 0.855. The Kier molecular flexibility index (Phi) is 6.01. The zero-order chi connectivity index (χ0) is 14.5. The molecule has 6 heteroatoms. The Labute approximate surface area is 129 Å². The van der Waals surface area contributed by atoms with Crippen LogP contribution in [-0.4, -0.2) is 55.6 Å². The van der Waals surface area contributed by atoms with Crippen molar-refractivity contribution < 1.29 is 4.74 Å². The van der Waals surface area contributed by atoms with Gasteiger partial charge in [-0.3, -0.25) is 4.68 Å². The lowest BCUT2D eigenvalue weighted by Gasteiger charge is -2.31. The molecule has 114 valence electrons. The highest BCUT2D eigenvalue weighted by molar-refractivity contribution is 9.10. The van der Waals surface area contributed by atoms with Crippen LogP contribution < -0.4 is 5.32 Å². The van der Waals surface area contributed by atoms with E-state index in [1.807, 2.05) is 13.2 Å². The Morgan fingerprint density at radius 1 is 1.60 bits per heavy atom. The van der Waals surface area contributed by atoms with E-state index in [-0.39, 0.29) is 6.04 Å². The molecule has 0 amide bonds. The third kappa shape index (κ3) is 3.81. The normalized spacial score (nSPS) is 21.4. The summed E-state index contributed by atoms with van der Waals surface area (Å²) >= 11 is 3.65. The zero-order valence-corrected chi connectivity index (χ0v) is 14.2. The monoisotopic (exact) mass is 344 g/mol. The smallest absolute Gasteiger partial charge is 0.0699 e. The third-order valence-corrected chi connectivity index (χ3v) is 4.48. The minimum absolute atomic E-state index is 0.286. The lowest BCUT2D eigenvalue weighted by molar-refractivity contribution is 0.0387. The van der Waals surface area contributed by atoms with Gasteiger partial charge in [-0.2, -0.15) is 5.10 Å². The molecule has 1 aliphatic heterocycles. The molecule has 0 bridgehead atoms. The van der Waals surface area contributed by atoms with Gasteiger partial charge in [0.15, 0.2) is 0 Å². The fourth-order valence-electron chi connectivity index (χ4n) is 2.78. The summed E-state index contributed by atoms with van der Waals surface area (Å²) < 4.78 is 8.84. The standard InChI is InChI=1S/C14H25BrN4O/c1-16-13(11-5-4-8-20-10-11)14-12(15)9-17-19(14)7-6-18(2)3/h9,11,13,16H,4-8,10H2,1-3H3. The molecule has 2 unspecified atom stereocenters. The minimum Gasteiger partial charge on any atom is -0.381 e. The molecule has 0 spiro atoms. The molecule has 20 heavy (non-hydrogen) atoms. The Morgan fingerprint density at radius 3 is 3.00 bits per heavy atom. The van der Waals surface area contributed by atoms with E-state index in [9.17, 15) is 0 Å². The van der Waals surface area contributed by atoms with E-state index >= 15 is 0 Å². The Balaban J connectivity index is 2.17. The molecular formula is C14H25BrN4O. The van der Waals surface area contributed by atoms with Crippen molar-refractivity contribution in [3.63, 3.8) is 0 Å². The highest BCUT2D eigenvalue weighted by atomic mass is 79.9. The van der Waals surface area contributed by atoms with Gasteiger partial charge in [-0.1, -0.05) is 0 Å². The van der Waals surface area contributed by atoms with Crippen molar-refractivity contribution in [2.45, 2.75) is 25.4 Å². The first-order valence-corrected chi connectivity index (χ1v) is 8.03. The van der Waals surface area contributed by atoms with Gasteiger partial charge in [-0.15, -0.1) is 0 Å². The lowest BCUT2D eigenvalue weighted by atomic mass is 9.91. The van der Waals surface area contributed by atoms with Gasteiger partial charge in [-0.05, 0) is 49.9 Å². The zero-order valence-electron chi connectivity index (χ0n) is 12.6. The van der Waals surface area contributed by atoms with Crippen LogP contribution in [0.2, 0.25) is 0 Å². The molecule has 0 radical (unpaired) electrons. The maximum Gasteiger partial charge on any atom is 0.0699 e. The molecule has 1 aliphatic rings. The molecule has 2 heterocycles. The fraction of sp³-hybridized carbons (Fsp3) is 0.786. The van der Waals surface area contributed by atoms with E-state index in [0.717, 1.165) is 37.2 Å². The van der Waals surface area contributed by atoms with Gasteiger partial charge in [0.1, 0.15) is 0 Å². The number of hydrogen-bond donors (Lipinski definition) is 1. The van der Waals surface area contributed by atoms with E-state index in [1.54, 1.807) is 0 Å². The second-order valence-corrected chi connectivity index (χ2v) is 6.50. The van der Waals surface area contributed by atoms with E-state index in [0.29, 0.717) is 5.92 Å². The molecule has 2 rings (SSSR count). The summed E-state index contributed by atoms with van der Waals surface area (Å²) in [5, 5.41) is 7.97. The Hall–Kier alpha value is -0.430. The first kappa shape index (κ1) is 15.9. The highest BCUT2D eigenvalue weighted by Gasteiger charge is 2.28. The van der Waals surface area contributed by atoms with Crippen LogP contribution >= 0.6 is 15.9 Å². The number of nitrogens with zero attached hydrogens (tertiary/aromatic N) is 3. The average Bonchev–Trinajstić information content (AvgIpc) is 2.80. The van der Waals surface area contributed by atoms with Crippen LogP contribution in [0.3, 0.4) is 0 Å². The van der Waals surface area contributed by atoms with Gasteiger partial charge in [0, 0.05) is 19.1 Å². The average molecular weight is 345 g/mol. The van der Waals surface area contributed by atoms with Crippen molar-refractivity contribution in [3.8, 4) is 0 Å². The van der Waals surface area contributed by atoms with Crippen LogP contribution in [0.5, 0.6) is 0 Å². The molecule has 1 N–H and O–H groups in total. The number of likely N-dealkylation sites (N-methyl/N-ethyl adjacent to an activating group) is 1. The van der Waals surface area contributed by atoms with Gasteiger partial charge in [0.25, 0.3) is 0 Å². The number of ether oxygens (including phenoxy) is 1. The largest absolute Gasteiger partial charge is 0.381 e. The Bertz CT molecular complexity index is 415. The van der Waals surface area contributed by atoms with Crippen molar-refractivity contribution >= 4 is 15.9 Å². The van der Waals surface area contributed by atoms with Crippen molar-refractivity contribution in [1.82, 2.24) is 20.0 Å². The summed E-state index contributed by atoms with van der Waals surface area (Å²) in [7, 11) is 6.19. The van der Waals surface area contributed by atoms with Gasteiger partial charge in [0.2, 0.25) is 0 Å². The van der Waals surface area contributed by atoms with Crippen LogP contribution in [0.25, 0.3) is 0 Å². The summed E-state index contributed by atoms with van der Waals surface area (Å²) in [6.07, 6.45) is 4.25. The maximum absolute atomic E-state index is 5.65. The molecule has 1 aromatic rings. The van der Waals surface area contributed by atoms with Crippen molar-refractivity contribution in [3.05, 3.63) is 16.4 Å². The molecule has 5 nitrogen and oxygen atoms in total. The fourth-order valence-corrected chi connectivity index (χ4v) is 3.32. The Morgan fingerprint density at radius 2 is 2.40 bits per heavy atom. The molecular weight excluding hydrogens is 320 g/mol. The van der Waals surface area contributed by atoms with Crippen molar-refractivity contribution in [1.29, 1.82) is 0 Å². The topological polar surface area (TPSA) is 42.3 Å². The predicted molar refractivity (Wildman–Crippen MR) is 83.8 cm³/mol.